The van der Waals surface area contributed by atoms with E-state index < -0.39 is 17.8 Å². The molecule has 0 atom stereocenters. The molecule has 8 heteroatoms. The molecule has 1 fully saturated rings. The largest absolute Gasteiger partial charge is 0.481 e. The number of nitrogens with one attached hydrogen (secondary N) is 1. The van der Waals surface area contributed by atoms with Gasteiger partial charge in [-0.3, -0.25) is 14.9 Å². The molecule has 2 heterocycles. The van der Waals surface area contributed by atoms with E-state index in [0.717, 1.165) is 4.90 Å². The molecule has 144 valence electrons. The molecule has 8 nitrogen and oxygen atoms in total. The second kappa shape index (κ2) is 7.40. The van der Waals surface area contributed by atoms with Gasteiger partial charge in [0.2, 0.25) is 6.79 Å². The van der Waals surface area contributed by atoms with Crippen LogP contribution in [0.5, 0.6) is 17.2 Å². The number of carbonyl (C=O) groups excluding carboxylic acids is 3. The molecular weight excluding hydrogens is 376 g/mol. The van der Waals surface area contributed by atoms with Crippen LogP contribution in [0.25, 0.3) is 6.08 Å². The standard InChI is InChI=1S/C21H14N2O6/c1-2-9-27-15-6-3-13(4-7-15)10-16-19(24)22-21(26)23(20(16)25)14-5-8-17-18(11-14)29-12-28-17/h1,3-8,10-11H,9,12H2,(H,22,24,26)/b16-10+. The zero-order valence-electron chi connectivity index (χ0n) is 15.0. The molecule has 1 saturated heterocycles. The molecule has 1 N–H and O–H groups in total. The SMILES string of the molecule is C#CCOc1ccc(/C=C2\C(=O)NC(=O)N(c3ccc4c(c3)OCO4)C2=O)cc1. The van der Waals surface area contributed by atoms with Crippen LogP contribution in [0, 0.1) is 12.3 Å². The molecule has 4 rings (SSSR count). The molecule has 2 aliphatic rings. The second-order valence-electron chi connectivity index (χ2n) is 6.06. The first kappa shape index (κ1) is 18.1. The van der Waals surface area contributed by atoms with Gasteiger partial charge in [0.15, 0.2) is 11.5 Å². The van der Waals surface area contributed by atoms with Crippen molar-refractivity contribution in [1.29, 1.82) is 0 Å². The molecule has 0 saturated carbocycles. The number of hydrogen-bond donors (Lipinski definition) is 1. The Morgan fingerprint density at radius 2 is 1.86 bits per heavy atom. The van der Waals surface area contributed by atoms with E-state index in [1.807, 2.05) is 0 Å². The Morgan fingerprint density at radius 3 is 2.62 bits per heavy atom. The van der Waals surface area contributed by atoms with Crippen LogP contribution >= 0.6 is 0 Å². The Kier molecular flexibility index (Phi) is 4.63. The fourth-order valence-electron chi connectivity index (χ4n) is 2.87. The monoisotopic (exact) mass is 390 g/mol. The Bertz CT molecular complexity index is 1080. The molecule has 2 aliphatic heterocycles. The Morgan fingerprint density at radius 1 is 1.10 bits per heavy atom. The van der Waals surface area contributed by atoms with Crippen molar-refractivity contribution >= 4 is 29.6 Å². The summed E-state index contributed by atoms with van der Waals surface area (Å²) in [7, 11) is 0. The Balaban J connectivity index is 1.63. The number of nitrogens with zero attached hydrogens (tertiary/aromatic N) is 1. The number of imide groups is 2. The average Bonchev–Trinajstić information content (AvgIpc) is 3.18. The van der Waals surface area contributed by atoms with Crippen LogP contribution < -0.4 is 24.4 Å². The predicted molar refractivity (Wildman–Crippen MR) is 102 cm³/mol. The maximum atomic E-state index is 12.9. The molecule has 0 unspecified atom stereocenters. The molecule has 0 bridgehead atoms. The molecule has 0 radical (unpaired) electrons. The van der Waals surface area contributed by atoms with Crippen LogP contribution in [0.2, 0.25) is 0 Å². The van der Waals surface area contributed by atoms with Gasteiger partial charge in [0, 0.05) is 6.07 Å². The van der Waals surface area contributed by atoms with Gasteiger partial charge < -0.3 is 14.2 Å². The van der Waals surface area contributed by atoms with Gasteiger partial charge in [-0.05, 0) is 35.9 Å². The van der Waals surface area contributed by atoms with Crippen LogP contribution in [-0.4, -0.2) is 31.2 Å². The van der Waals surface area contributed by atoms with Gasteiger partial charge in [0.1, 0.15) is 17.9 Å². The maximum absolute atomic E-state index is 12.9. The third kappa shape index (κ3) is 3.49. The number of fused-ring (bicyclic) bond motifs is 1. The lowest BCUT2D eigenvalue weighted by molar-refractivity contribution is -0.122. The summed E-state index contributed by atoms with van der Waals surface area (Å²) in [5, 5.41) is 2.18. The van der Waals surface area contributed by atoms with E-state index in [4.69, 9.17) is 20.6 Å². The first-order valence-electron chi connectivity index (χ1n) is 8.54. The highest BCUT2D eigenvalue weighted by molar-refractivity contribution is 6.39. The Hall–Kier alpha value is -4.25. The summed E-state index contributed by atoms with van der Waals surface area (Å²) in [5.74, 6) is 2.32. The number of ether oxygens (including phenoxy) is 3. The van der Waals surface area contributed by atoms with Gasteiger partial charge in [-0.25, -0.2) is 9.69 Å². The average molecular weight is 390 g/mol. The molecule has 4 amide bonds. The van der Waals surface area contributed by atoms with Crippen molar-refractivity contribution < 1.29 is 28.6 Å². The van der Waals surface area contributed by atoms with Crippen LogP contribution in [0.4, 0.5) is 10.5 Å². The number of amides is 4. The number of terminal acetylenes is 1. The minimum absolute atomic E-state index is 0.0591. The summed E-state index contributed by atoms with van der Waals surface area (Å²) in [6, 6.07) is 10.5. The number of benzene rings is 2. The predicted octanol–water partition coefficient (Wildman–Crippen LogP) is 2.09. The fourth-order valence-corrected chi connectivity index (χ4v) is 2.87. The summed E-state index contributed by atoms with van der Waals surface area (Å²) in [6.07, 6.45) is 6.55. The van der Waals surface area contributed by atoms with Crippen LogP contribution in [0.15, 0.2) is 48.0 Å². The zero-order valence-corrected chi connectivity index (χ0v) is 15.0. The molecular formula is C21H14N2O6. The third-order valence-electron chi connectivity index (χ3n) is 4.23. The first-order valence-corrected chi connectivity index (χ1v) is 8.54. The number of rotatable bonds is 4. The lowest BCUT2D eigenvalue weighted by atomic mass is 10.1. The lowest BCUT2D eigenvalue weighted by Gasteiger charge is -2.26. The highest BCUT2D eigenvalue weighted by atomic mass is 16.7. The van der Waals surface area contributed by atoms with Crippen molar-refractivity contribution in [3.8, 4) is 29.6 Å². The number of urea groups is 1. The van der Waals surface area contributed by atoms with Crippen LogP contribution in [-0.2, 0) is 9.59 Å². The molecule has 29 heavy (non-hydrogen) atoms. The summed E-state index contributed by atoms with van der Waals surface area (Å²) >= 11 is 0. The van der Waals surface area contributed by atoms with Gasteiger partial charge in [0.25, 0.3) is 11.8 Å². The maximum Gasteiger partial charge on any atom is 0.335 e. The van der Waals surface area contributed by atoms with Gasteiger partial charge in [-0.15, -0.1) is 6.42 Å². The van der Waals surface area contributed by atoms with Crippen molar-refractivity contribution in [3.63, 3.8) is 0 Å². The Labute approximate surface area is 165 Å². The van der Waals surface area contributed by atoms with Crippen LogP contribution in [0.3, 0.4) is 0 Å². The van der Waals surface area contributed by atoms with E-state index in [9.17, 15) is 14.4 Å². The summed E-state index contributed by atoms with van der Waals surface area (Å²) in [6.45, 7) is 0.192. The number of barbiturate groups is 1. The van der Waals surface area contributed by atoms with Gasteiger partial charge in [0.05, 0.1) is 5.69 Å². The van der Waals surface area contributed by atoms with E-state index in [1.54, 1.807) is 30.3 Å². The van der Waals surface area contributed by atoms with Gasteiger partial charge in [-0.2, -0.15) is 0 Å². The third-order valence-corrected chi connectivity index (χ3v) is 4.23. The molecule has 0 spiro atoms. The lowest BCUT2D eigenvalue weighted by Crippen LogP contribution is -2.54. The highest BCUT2D eigenvalue weighted by Crippen LogP contribution is 2.36. The minimum Gasteiger partial charge on any atom is -0.481 e. The number of anilines is 1. The number of hydrogen-bond acceptors (Lipinski definition) is 6. The van der Waals surface area contributed by atoms with E-state index >= 15 is 0 Å². The van der Waals surface area contributed by atoms with Crippen molar-refractivity contribution in [2.24, 2.45) is 0 Å². The van der Waals surface area contributed by atoms with Crippen molar-refractivity contribution in [2.45, 2.75) is 0 Å². The van der Waals surface area contributed by atoms with Crippen molar-refractivity contribution in [3.05, 3.63) is 53.6 Å². The van der Waals surface area contributed by atoms with Gasteiger partial charge >= 0.3 is 6.03 Å². The summed E-state index contributed by atoms with van der Waals surface area (Å²) in [5.41, 5.74) is 0.657. The fraction of sp³-hybridized carbons (Fsp3) is 0.0952. The van der Waals surface area contributed by atoms with Crippen LogP contribution in [0.1, 0.15) is 5.56 Å². The minimum atomic E-state index is -0.839. The molecule has 2 aromatic rings. The van der Waals surface area contributed by atoms with Crippen molar-refractivity contribution in [1.82, 2.24) is 5.32 Å². The van der Waals surface area contributed by atoms with Crippen molar-refractivity contribution in [2.75, 3.05) is 18.3 Å². The van der Waals surface area contributed by atoms with E-state index in [0.29, 0.717) is 22.8 Å². The summed E-state index contributed by atoms with van der Waals surface area (Å²) in [4.78, 5) is 38.3. The second-order valence-corrected chi connectivity index (χ2v) is 6.06. The number of carbonyl (C=O) groups is 3. The molecule has 0 aliphatic carbocycles. The smallest absolute Gasteiger partial charge is 0.335 e. The van der Waals surface area contributed by atoms with Gasteiger partial charge in [-0.1, -0.05) is 18.1 Å². The first-order chi connectivity index (χ1) is 14.1. The van der Waals surface area contributed by atoms with E-state index in [2.05, 4.69) is 11.2 Å². The quantitative estimate of drug-likeness (QED) is 0.488. The normalized spacial score (nSPS) is 16.6. The topological polar surface area (TPSA) is 94.2 Å². The zero-order chi connectivity index (χ0) is 20.4. The highest BCUT2D eigenvalue weighted by Gasteiger charge is 2.37. The molecule has 0 aromatic heterocycles. The van der Waals surface area contributed by atoms with E-state index in [1.165, 1.54) is 18.2 Å². The summed E-state index contributed by atoms with van der Waals surface area (Å²) < 4.78 is 15.8. The molecule has 2 aromatic carbocycles. The van der Waals surface area contributed by atoms with E-state index in [-0.39, 0.29) is 24.7 Å².